The molecule has 3 N–H and O–H groups in total. The van der Waals surface area contributed by atoms with Crippen LogP contribution in [0.25, 0.3) is 0 Å². The van der Waals surface area contributed by atoms with E-state index >= 15 is 0 Å². The van der Waals surface area contributed by atoms with Crippen molar-refractivity contribution in [2.45, 2.75) is 238 Å². The fraction of sp³-hybridized carbons (Fsp3) is 0.651. The molecule has 10 heteroatoms. The van der Waals surface area contributed by atoms with Gasteiger partial charge in [-0.05, 0) is 109 Å². The van der Waals surface area contributed by atoms with Crippen LogP contribution in [0.2, 0.25) is 0 Å². The molecule has 0 aliphatic heterocycles. The third kappa shape index (κ3) is 57.5. The molecule has 0 saturated heterocycles. The number of esters is 2. The van der Waals surface area contributed by atoms with Crippen molar-refractivity contribution in [3.8, 4) is 0 Å². The summed E-state index contributed by atoms with van der Waals surface area (Å²) < 4.78 is 33.0. The Labute approximate surface area is 447 Å². The van der Waals surface area contributed by atoms with Gasteiger partial charge in [0.1, 0.15) is 6.61 Å². The SMILES string of the molecule is CC/C=C\C/C=C\C/C=C\C/C=C\C/C=C\C/C=C\C/C=C\C/C=C\CCCCC(=O)OC(COC(=O)CCCCCCCCCCCCCCC/C=C\C/C=C\CCCCCCC)COP(=O)(O)OCCN. The van der Waals surface area contributed by atoms with Crippen LogP contribution in [-0.2, 0) is 32.7 Å². The number of hydrogen-bond acceptors (Lipinski definition) is 8. The molecule has 73 heavy (non-hydrogen) atoms. The number of allylic oxidation sites excluding steroid dienone is 20. The highest BCUT2D eigenvalue weighted by atomic mass is 31.2. The molecule has 0 rings (SSSR count). The number of rotatable bonds is 53. The molecule has 0 spiro atoms. The molecule has 0 aromatic carbocycles. The molecule has 9 nitrogen and oxygen atoms in total. The van der Waals surface area contributed by atoms with E-state index in [2.05, 4.69) is 135 Å². The van der Waals surface area contributed by atoms with Crippen molar-refractivity contribution in [3.05, 3.63) is 122 Å². The van der Waals surface area contributed by atoms with Crippen LogP contribution >= 0.6 is 7.82 Å². The van der Waals surface area contributed by atoms with Gasteiger partial charge in [0.05, 0.1) is 13.2 Å². The van der Waals surface area contributed by atoms with Crippen molar-refractivity contribution < 1.29 is 37.6 Å². The van der Waals surface area contributed by atoms with Gasteiger partial charge in [-0.25, -0.2) is 4.57 Å². The number of carbonyl (C=O) groups excluding carboxylic acids is 2. The monoisotopic (exact) mass is 1040 g/mol. The number of ether oxygens (including phenoxy) is 2. The van der Waals surface area contributed by atoms with Crippen LogP contribution in [0.5, 0.6) is 0 Å². The second-order valence-electron chi connectivity index (χ2n) is 18.8. The summed E-state index contributed by atoms with van der Waals surface area (Å²) >= 11 is 0. The molecular formula is C63H106NO8P. The summed E-state index contributed by atoms with van der Waals surface area (Å²) in [6.07, 6.45) is 79.7. The molecule has 2 unspecified atom stereocenters. The normalized spacial score (nSPS) is 14.0. The molecule has 0 saturated carbocycles. The molecule has 0 fully saturated rings. The summed E-state index contributed by atoms with van der Waals surface area (Å²) in [4.78, 5) is 35.2. The van der Waals surface area contributed by atoms with Crippen molar-refractivity contribution in [2.75, 3.05) is 26.4 Å². The Morgan fingerprint density at radius 3 is 1.15 bits per heavy atom. The van der Waals surface area contributed by atoms with Crippen molar-refractivity contribution >= 4 is 19.8 Å². The zero-order chi connectivity index (χ0) is 53.1. The maximum absolute atomic E-state index is 12.7. The molecule has 0 aliphatic carbocycles. The average Bonchev–Trinajstić information content (AvgIpc) is 3.38. The van der Waals surface area contributed by atoms with Gasteiger partial charge in [-0.15, -0.1) is 0 Å². The van der Waals surface area contributed by atoms with Gasteiger partial charge >= 0.3 is 19.8 Å². The highest BCUT2D eigenvalue weighted by molar-refractivity contribution is 7.47. The van der Waals surface area contributed by atoms with Gasteiger partial charge in [-0.2, -0.15) is 0 Å². The molecule has 0 heterocycles. The first-order valence-electron chi connectivity index (χ1n) is 29.0. The molecule has 0 aromatic heterocycles. The van der Waals surface area contributed by atoms with E-state index in [1.807, 2.05) is 0 Å². The quantitative estimate of drug-likeness (QED) is 0.0264. The zero-order valence-electron chi connectivity index (χ0n) is 46.3. The fourth-order valence-electron chi connectivity index (χ4n) is 7.56. The first-order chi connectivity index (χ1) is 35.8. The van der Waals surface area contributed by atoms with Crippen molar-refractivity contribution in [1.82, 2.24) is 0 Å². The number of phosphoric ester groups is 1. The minimum Gasteiger partial charge on any atom is -0.462 e. The van der Waals surface area contributed by atoms with Gasteiger partial charge in [0.2, 0.25) is 0 Å². The molecule has 0 amide bonds. The summed E-state index contributed by atoms with van der Waals surface area (Å²) in [6, 6.07) is 0. The first kappa shape index (κ1) is 69.4. The Kier molecular flexibility index (Phi) is 54.8. The highest BCUT2D eigenvalue weighted by Crippen LogP contribution is 2.43. The molecule has 0 aliphatic rings. The Morgan fingerprint density at radius 1 is 0.425 bits per heavy atom. The summed E-state index contributed by atoms with van der Waals surface area (Å²) in [5, 5.41) is 0. The lowest BCUT2D eigenvalue weighted by Crippen LogP contribution is -2.29. The maximum Gasteiger partial charge on any atom is 0.472 e. The number of hydrogen-bond donors (Lipinski definition) is 2. The molecule has 0 radical (unpaired) electrons. The minimum absolute atomic E-state index is 0.0396. The van der Waals surface area contributed by atoms with E-state index in [9.17, 15) is 19.0 Å². The van der Waals surface area contributed by atoms with Crippen molar-refractivity contribution in [3.63, 3.8) is 0 Å². The van der Waals surface area contributed by atoms with Crippen LogP contribution in [-0.4, -0.2) is 49.3 Å². The third-order valence-electron chi connectivity index (χ3n) is 11.8. The van der Waals surface area contributed by atoms with Gasteiger partial charge in [-0.3, -0.25) is 18.6 Å². The summed E-state index contributed by atoms with van der Waals surface area (Å²) in [6.45, 7) is 3.56. The summed E-state index contributed by atoms with van der Waals surface area (Å²) in [5.74, 6) is -0.885. The summed E-state index contributed by atoms with van der Waals surface area (Å²) in [7, 11) is -4.41. The maximum atomic E-state index is 12.7. The van der Waals surface area contributed by atoms with E-state index < -0.39 is 32.5 Å². The Bertz CT molecular complexity index is 1600. The second-order valence-corrected chi connectivity index (χ2v) is 20.2. The van der Waals surface area contributed by atoms with E-state index in [4.69, 9.17) is 24.3 Å². The lowest BCUT2D eigenvalue weighted by molar-refractivity contribution is -0.161. The molecule has 2 atom stereocenters. The van der Waals surface area contributed by atoms with Gasteiger partial charge in [0, 0.05) is 19.4 Å². The van der Waals surface area contributed by atoms with Crippen LogP contribution in [0.3, 0.4) is 0 Å². The van der Waals surface area contributed by atoms with E-state index in [1.54, 1.807) is 0 Å². The third-order valence-corrected chi connectivity index (χ3v) is 12.8. The number of phosphoric acid groups is 1. The fourth-order valence-corrected chi connectivity index (χ4v) is 8.33. The van der Waals surface area contributed by atoms with E-state index in [1.165, 1.54) is 109 Å². The standard InChI is InChI=1S/C63H106NO8P/c1-3-5-7-9-11-13-15-17-19-21-23-25-27-29-30-32-34-36-38-40-42-44-46-48-50-52-54-56-63(66)72-61(60-71-73(67,68)70-58-57-64)59-69-62(65)55-53-51-49-47-45-43-41-39-37-35-33-31-28-26-24-22-20-18-16-14-12-10-8-6-4-2/h5,7,11,13,16-19,22-25,29-30,34,36,40,42,46,48,61H,3-4,6,8-10,12,14-15,20-21,26-28,31-33,35,37-39,41,43-45,47,49-60,64H2,1-2H3,(H,67,68)/b7-5-,13-11-,18-16-,19-17-,24-22-,25-23-,30-29-,36-34-,42-40-,48-46-. The Hall–Kier alpha value is -3.59. The van der Waals surface area contributed by atoms with E-state index in [0.29, 0.717) is 6.42 Å². The zero-order valence-corrected chi connectivity index (χ0v) is 47.2. The lowest BCUT2D eigenvalue weighted by Gasteiger charge is -2.19. The first-order valence-corrected chi connectivity index (χ1v) is 30.5. The minimum atomic E-state index is -4.41. The smallest absolute Gasteiger partial charge is 0.462 e. The number of nitrogens with two attached hydrogens (primary N) is 1. The van der Waals surface area contributed by atoms with E-state index in [0.717, 1.165) is 89.9 Å². The molecule has 0 aromatic rings. The Morgan fingerprint density at radius 2 is 0.753 bits per heavy atom. The lowest BCUT2D eigenvalue weighted by atomic mass is 10.0. The van der Waals surface area contributed by atoms with Crippen LogP contribution < -0.4 is 5.73 Å². The van der Waals surface area contributed by atoms with Crippen LogP contribution in [0.15, 0.2) is 122 Å². The topological polar surface area (TPSA) is 134 Å². The highest BCUT2D eigenvalue weighted by Gasteiger charge is 2.26. The van der Waals surface area contributed by atoms with Crippen LogP contribution in [0, 0.1) is 0 Å². The van der Waals surface area contributed by atoms with Gasteiger partial charge in [0.25, 0.3) is 0 Å². The molecule has 416 valence electrons. The van der Waals surface area contributed by atoms with Crippen molar-refractivity contribution in [2.24, 2.45) is 5.73 Å². The molecular weight excluding hydrogens is 930 g/mol. The number of carbonyl (C=O) groups is 2. The number of unbranched alkanes of at least 4 members (excludes halogenated alkanes) is 20. The average molecular weight is 1040 g/mol. The largest absolute Gasteiger partial charge is 0.472 e. The molecule has 0 bridgehead atoms. The predicted molar refractivity (Wildman–Crippen MR) is 311 cm³/mol. The van der Waals surface area contributed by atoms with Gasteiger partial charge in [-0.1, -0.05) is 232 Å². The van der Waals surface area contributed by atoms with Gasteiger partial charge in [0.15, 0.2) is 6.10 Å². The van der Waals surface area contributed by atoms with E-state index in [-0.39, 0.29) is 32.6 Å². The van der Waals surface area contributed by atoms with Crippen LogP contribution in [0.4, 0.5) is 0 Å². The van der Waals surface area contributed by atoms with Crippen LogP contribution in [0.1, 0.15) is 232 Å². The van der Waals surface area contributed by atoms with Crippen molar-refractivity contribution in [1.29, 1.82) is 0 Å². The second kappa shape index (κ2) is 57.7. The predicted octanol–water partition coefficient (Wildman–Crippen LogP) is 18.4. The van der Waals surface area contributed by atoms with Gasteiger partial charge < -0.3 is 20.1 Å². The summed E-state index contributed by atoms with van der Waals surface area (Å²) in [5.41, 5.74) is 5.38. The Balaban J connectivity index is 4.11.